The van der Waals surface area contributed by atoms with Gasteiger partial charge in [-0.05, 0) is 30.3 Å². The van der Waals surface area contributed by atoms with Crippen LogP contribution in [0.25, 0.3) is 0 Å². The molecule has 2 aromatic carbocycles. The zero-order chi connectivity index (χ0) is 16.9. The molecule has 0 spiro atoms. The maximum Gasteiger partial charge on any atom is 0.446 e. The summed E-state index contributed by atoms with van der Waals surface area (Å²) in [6.07, 6.45) is 0. The summed E-state index contributed by atoms with van der Waals surface area (Å²) < 4.78 is 34.5. The lowest BCUT2D eigenvalue weighted by Crippen LogP contribution is -2.24. The molecule has 1 aliphatic carbocycles. The molecule has 3 rings (SSSR count). The molecule has 2 aromatic rings. The first-order valence-electron chi connectivity index (χ1n) is 6.27. The average Bonchev–Trinajstić information content (AvgIpc) is 2.45. The van der Waals surface area contributed by atoms with E-state index >= 15 is 0 Å². The third kappa shape index (κ3) is 2.41. The summed E-state index contributed by atoms with van der Waals surface area (Å²) >= 11 is 0. The topological polar surface area (TPSA) is 150 Å². The Morgan fingerprint density at radius 1 is 0.870 bits per heavy atom. The predicted molar refractivity (Wildman–Crippen MR) is 80.8 cm³/mol. The lowest BCUT2D eigenvalue weighted by atomic mass is 9.82. The summed E-state index contributed by atoms with van der Waals surface area (Å²) in [4.78, 5) is 25.1. The maximum atomic E-state index is 12.6. The predicted octanol–water partition coefficient (Wildman–Crippen LogP) is 0.808. The number of hydrogen-bond donors (Lipinski definition) is 3. The molecule has 0 radical (unpaired) electrons. The van der Waals surface area contributed by atoms with Gasteiger partial charge in [0.15, 0.2) is 11.6 Å². The van der Waals surface area contributed by atoms with Gasteiger partial charge in [0, 0.05) is 22.5 Å². The fraction of sp³-hybridized carbons (Fsp3) is 0. The molecule has 9 heteroatoms. The summed E-state index contributed by atoms with van der Waals surface area (Å²) in [5.41, 5.74) is 11.7. The van der Waals surface area contributed by atoms with Crippen LogP contribution in [0.3, 0.4) is 0 Å². The van der Waals surface area contributed by atoms with Gasteiger partial charge in [-0.25, -0.2) is 0 Å². The molecule has 0 bridgehead atoms. The molecule has 0 amide bonds. The highest BCUT2D eigenvalue weighted by Gasteiger charge is 2.33. The van der Waals surface area contributed by atoms with E-state index in [9.17, 15) is 18.0 Å². The summed E-state index contributed by atoms with van der Waals surface area (Å²) in [7, 11) is -4.75. The number of carbonyl (C=O) groups excluding carboxylic acids is 2. The number of benzene rings is 2. The van der Waals surface area contributed by atoms with Crippen LogP contribution in [-0.4, -0.2) is 24.5 Å². The van der Waals surface area contributed by atoms with E-state index in [2.05, 4.69) is 4.18 Å². The zero-order valence-electron chi connectivity index (χ0n) is 11.4. The van der Waals surface area contributed by atoms with E-state index in [-0.39, 0.29) is 39.4 Å². The normalized spacial score (nSPS) is 13.4. The van der Waals surface area contributed by atoms with Gasteiger partial charge in [0.25, 0.3) is 0 Å². The Bertz CT molecular complexity index is 981. The fourth-order valence-corrected chi connectivity index (χ4v) is 2.82. The minimum atomic E-state index is -4.75. The van der Waals surface area contributed by atoms with Crippen LogP contribution in [0.1, 0.15) is 31.8 Å². The molecule has 0 fully saturated rings. The van der Waals surface area contributed by atoms with Crippen LogP contribution in [0.2, 0.25) is 0 Å². The third-order valence-corrected chi connectivity index (χ3v) is 3.81. The average molecular weight is 334 g/mol. The van der Waals surface area contributed by atoms with Gasteiger partial charge < -0.3 is 15.7 Å². The van der Waals surface area contributed by atoms with Crippen molar-refractivity contribution in [3.8, 4) is 5.75 Å². The smallest absolute Gasteiger partial charge is 0.398 e. The van der Waals surface area contributed by atoms with Crippen LogP contribution in [0.5, 0.6) is 5.75 Å². The Morgan fingerprint density at radius 2 is 1.39 bits per heavy atom. The number of hydrogen-bond acceptors (Lipinski definition) is 7. The Labute approximate surface area is 130 Å². The first-order chi connectivity index (χ1) is 10.7. The van der Waals surface area contributed by atoms with Gasteiger partial charge in [-0.3, -0.25) is 14.1 Å². The molecule has 0 atom stereocenters. The molecule has 0 heterocycles. The van der Waals surface area contributed by atoms with E-state index in [1.165, 1.54) is 18.2 Å². The molecule has 0 aromatic heterocycles. The second-order valence-electron chi connectivity index (χ2n) is 4.87. The van der Waals surface area contributed by atoms with E-state index in [0.29, 0.717) is 0 Å². The number of carbonyl (C=O) groups is 2. The van der Waals surface area contributed by atoms with Crippen molar-refractivity contribution in [1.82, 2.24) is 0 Å². The molecule has 23 heavy (non-hydrogen) atoms. The van der Waals surface area contributed by atoms with Gasteiger partial charge in [0.1, 0.15) is 5.75 Å². The Balaban J connectivity index is 2.22. The van der Waals surface area contributed by atoms with Gasteiger partial charge in [-0.2, -0.15) is 8.42 Å². The highest BCUT2D eigenvalue weighted by atomic mass is 32.3. The third-order valence-electron chi connectivity index (χ3n) is 3.41. The Morgan fingerprint density at radius 3 is 1.91 bits per heavy atom. The minimum absolute atomic E-state index is 0.0194. The number of nitrogen functional groups attached to an aromatic ring is 2. The van der Waals surface area contributed by atoms with Crippen molar-refractivity contribution in [3.63, 3.8) is 0 Å². The van der Waals surface area contributed by atoms with Gasteiger partial charge in [-0.15, -0.1) is 0 Å². The molecule has 8 nitrogen and oxygen atoms in total. The van der Waals surface area contributed by atoms with Crippen molar-refractivity contribution in [1.29, 1.82) is 0 Å². The highest BCUT2D eigenvalue weighted by molar-refractivity contribution is 7.81. The maximum absolute atomic E-state index is 12.6. The van der Waals surface area contributed by atoms with Crippen molar-refractivity contribution in [2.45, 2.75) is 0 Å². The van der Waals surface area contributed by atoms with Crippen LogP contribution in [-0.2, 0) is 10.4 Å². The summed E-state index contributed by atoms with van der Waals surface area (Å²) in [6.45, 7) is 0. The lowest BCUT2D eigenvalue weighted by molar-refractivity contribution is 0.0980. The molecule has 1 aliphatic rings. The molecule has 5 N–H and O–H groups in total. The molecule has 0 saturated carbocycles. The van der Waals surface area contributed by atoms with Crippen molar-refractivity contribution in [2.75, 3.05) is 11.5 Å². The summed E-state index contributed by atoms with van der Waals surface area (Å²) in [5, 5.41) is 0. The van der Waals surface area contributed by atoms with Crippen LogP contribution < -0.4 is 15.7 Å². The molecular formula is C14H10N2O6S. The number of nitrogens with two attached hydrogens (primary N) is 2. The van der Waals surface area contributed by atoms with Gasteiger partial charge in [-0.1, -0.05) is 0 Å². The number of fused-ring (bicyclic) bond motifs is 2. The molecule has 0 saturated heterocycles. The number of anilines is 2. The van der Waals surface area contributed by atoms with Gasteiger partial charge in [0.2, 0.25) is 0 Å². The molecule has 118 valence electrons. The van der Waals surface area contributed by atoms with Crippen molar-refractivity contribution < 1.29 is 26.7 Å². The Kier molecular flexibility index (Phi) is 3.13. The first kappa shape index (κ1) is 15.0. The van der Waals surface area contributed by atoms with Crippen molar-refractivity contribution in [3.05, 3.63) is 52.6 Å². The summed E-state index contributed by atoms with van der Waals surface area (Å²) in [6, 6.07) is 6.25. The SMILES string of the molecule is Nc1ccc(N)c2c1C(=O)c1ccc(OS(=O)(=O)O)cc1C2=O. The number of rotatable bonds is 2. The Hall–Kier alpha value is -2.91. The van der Waals surface area contributed by atoms with Crippen LogP contribution >= 0.6 is 0 Å². The quantitative estimate of drug-likeness (QED) is 0.460. The zero-order valence-corrected chi connectivity index (χ0v) is 12.3. The second-order valence-corrected chi connectivity index (χ2v) is 5.89. The van der Waals surface area contributed by atoms with E-state index in [1.807, 2.05) is 0 Å². The van der Waals surface area contributed by atoms with Crippen LogP contribution in [0.15, 0.2) is 30.3 Å². The van der Waals surface area contributed by atoms with Gasteiger partial charge in [0.05, 0.1) is 11.1 Å². The lowest BCUT2D eigenvalue weighted by Gasteiger charge is -2.20. The van der Waals surface area contributed by atoms with E-state index in [0.717, 1.165) is 12.1 Å². The van der Waals surface area contributed by atoms with Crippen LogP contribution in [0.4, 0.5) is 11.4 Å². The van der Waals surface area contributed by atoms with E-state index < -0.39 is 22.0 Å². The highest BCUT2D eigenvalue weighted by Crippen LogP contribution is 2.35. The van der Waals surface area contributed by atoms with Crippen LogP contribution in [0, 0.1) is 0 Å². The van der Waals surface area contributed by atoms with Crippen molar-refractivity contribution in [2.24, 2.45) is 0 Å². The van der Waals surface area contributed by atoms with Gasteiger partial charge >= 0.3 is 10.4 Å². The number of ketones is 2. The first-order valence-corrected chi connectivity index (χ1v) is 7.64. The second kappa shape index (κ2) is 4.80. The molecule has 0 unspecified atom stereocenters. The fourth-order valence-electron chi connectivity index (χ4n) is 2.48. The molecule has 0 aliphatic heterocycles. The standard InChI is InChI=1S/C14H10N2O6S/c15-9-3-4-10(16)12-11(9)13(17)7-2-1-6(22-23(19,20)21)5-8(7)14(12)18/h1-5H,15-16H2,(H,19,20,21). The monoisotopic (exact) mass is 334 g/mol. The minimum Gasteiger partial charge on any atom is -0.398 e. The molecular weight excluding hydrogens is 324 g/mol. The van der Waals surface area contributed by atoms with E-state index in [4.69, 9.17) is 16.0 Å². The largest absolute Gasteiger partial charge is 0.446 e. The van der Waals surface area contributed by atoms with Crippen molar-refractivity contribution >= 4 is 33.3 Å². The van der Waals surface area contributed by atoms with E-state index in [1.54, 1.807) is 0 Å². The summed E-state index contributed by atoms with van der Waals surface area (Å²) in [5.74, 6) is -1.39.